The van der Waals surface area contributed by atoms with E-state index in [0.29, 0.717) is 5.56 Å². The van der Waals surface area contributed by atoms with E-state index in [4.69, 9.17) is 5.11 Å². The van der Waals surface area contributed by atoms with Crippen molar-refractivity contribution in [3.05, 3.63) is 29.8 Å². The van der Waals surface area contributed by atoms with Crippen molar-refractivity contribution < 1.29 is 32.6 Å². The first kappa shape index (κ1) is 20.8. The van der Waals surface area contributed by atoms with Gasteiger partial charge in [-0.2, -0.15) is 0 Å². The molecule has 1 atom stereocenters. The lowest BCUT2D eigenvalue weighted by atomic mass is 10.1. The lowest BCUT2D eigenvalue weighted by Crippen LogP contribution is -2.43. The van der Waals surface area contributed by atoms with Crippen LogP contribution in [0.3, 0.4) is 0 Å². The van der Waals surface area contributed by atoms with Crippen molar-refractivity contribution in [2.75, 3.05) is 13.1 Å². The number of carboxylic acid groups (broad SMARTS) is 1. The number of carbonyl (C=O) groups is 2. The quantitative estimate of drug-likeness (QED) is 0.743. The summed E-state index contributed by atoms with van der Waals surface area (Å²) in [6.45, 7) is 4.87. The van der Waals surface area contributed by atoms with Crippen LogP contribution in [0.5, 0.6) is 5.75 Å². The zero-order valence-electron chi connectivity index (χ0n) is 14.1. The van der Waals surface area contributed by atoms with Gasteiger partial charge < -0.3 is 15.2 Å². The number of nitrogens with one attached hydrogen (secondary N) is 1. The van der Waals surface area contributed by atoms with E-state index in [1.807, 2.05) is 0 Å². The SMILES string of the molecule is CC(NC(=O)CN(CC(=O)O)C(C)C)c1ccc(OC(F)(F)F)cc1. The highest BCUT2D eigenvalue weighted by Crippen LogP contribution is 2.24. The zero-order valence-corrected chi connectivity index (χ0v) is 14.1. The summed E-state index contributed by atoms with van der Waals surface area (Å²) in [6.07, 6.45) is -4.76. The van der Waals surface area contributed by atoms with Gasteiger partial charge in [-0.1, -0.05) is 12.1 Å². The summed E-state index contributed by atoms with van der Waals surface area (Å²) in [5.41, 5.74) is 0.595. The number of carboxylic acids is 1. The molecule has 2 N–H and O–H groups in total. The molecule has 0 radical (unpaired) electrons. The molecule has 0 aromatic heterocycles. The minimum atomic E-state index is -4.76. The van der Waals surface area contributed by atoms with Crippen molar-refractivity contribution in [3.8, 4) is 5.75 Å². The third-order valence-corrected chi connectivity index (χ3v) is 3.41. The van der Waals surface area contributed by atoms with Gasteiger partial charge >= 0.3 is 12.3 Å². The number of halogens is 3. The summed E-state index contributed by atoms with van der Waals surface area (Å²) in [7, 11) is 0. The second kappa shape index (κ2) is 8.70. The van der Waals surface area contributed by atoms with E-state index < -0.39 is 18.4 Å². The number of rotatable bonds is 8. The minimum absolute atomic E-state index is 0.0937. The Morgan fingerprint density at radius 2 is 1.72 bits per heavy atom. The molecule has 1 rings (SSSR count). The summed E-state index contributed by atoms with van der Waals surface area (Å²) < 4.78 is 40.2. The predicted octanol–water partition coefficient (Wildman–Crippen LogP) is 2.56. The third-order valence-electron chi connectivity index (χ3n) is 3.41. The van der Waals surface area contributed by atoms with Crippen LogP contribution in [0.2, 0.25) is 0 Å². The molecule has 0 aliphatic heterocycles. The van der Waals surface area contributed by atoms with Gasteiger partial charge in [0.05, 0.1) is 19.1 Å². The molecular weight excluding hydrogens is 341 g/mol. The highest BCUT2D eigenvalue weighted by atomic mass is 19.4. The van der Waals surface area contributed by atoms with Gasteiger partial charge in [0.25, 0.3) is 0 Å². The van der Waals surface area contributed by atoms with Crippen molar-refractivity contribution in [2.24, 2.45) is 0 Å². The van der Waals surface area contributed by atoms with E-state index in [1.165, 1.54) is 17.0 Å². The molecule has 1 unspecified atom stereocenters. The summed E-state index contributed by atoms with van der Waals surface area (Å²) in [5, 5.41) is 11.5. The highest BCUT2D eigenvalue weighted by molar-refractivity contribution is 5.79. The molecule has 9 heteroatoms. The van der Waals surface area contributed by atoms with Gasteiger partial charge in [0.15, 0.2) is 0 Å². The molecule has 0 saturated heterocycles. The maximum Gasteiger partial charge on any atom is 0.573 e. The monoisotopic (exact) mass is 362 g/mol. The van der Waals surface area contributed by atoms with E-state index >= 15 is 0 Å². The van der Waals surface area contributed by atoms with Crippen molar-refractivity contribution in [1.29, 1.82) is 0 Å². The maximum atomic E-state index is 12.1. The number of alkyl halides is 3. The number of amides is 1. The molecule has 0 fully saturated rings. The molecule has 6 nitrogen and oxygen atoms in total. The van der Waals surface area contributed by atoms with Crippen LogP contribution in [0.4, 0.5) is 13.2 Å². The molecule has 1 aromatic rings. The van der Waals surface area contributed by atoms with Gasteiger partial charge in [0.1, 0.15) is 5.75 Å². The molecule has 0 bridgehead atoms. The van der Waals surface area contributed by atoms with E-state index in [-0.39, 0.29) is 30.8 Å². The summed E-state index contributed by atoms with van der Waals surface area (Å²) in [5.74, 6) is -1.75. The molecule has 0 spiro atoms. The first-order valence-corrected chi connectivity index (χ1v) is 7.59. The predicted molar refractivity (Wildman–Crippen MR) is 84.0 cm³/mol. The van der Waals surface area contributed by atoms with Crippen LogP contribution in [0, 0.1) is 0 Å². The standard InChI is InChI=1S/C16H21F3N2O4/c1-10(2)21(9-15(23)24)8-14(22)20-11(3)12-4-6-13(7-5-12)25-16(17,18)19/h4-7,10-11H,8-9H2,1-3H3,(H,20,22)(H,23,24). The summed E-state index contributed by atoms with van der Waals surface area (Å²) >= 11 is 0. The lowest BCUT2D eigenvalue weighted by Gasteiger charge is -2.25. The Morgan fingerprint density at radius 1 is 1.16 bits per heavy atom. The Balaban J connectivity index is 2.63. The molecule has 0 aliphatic rings. The Kier molecular flexibility index (Phi) is 7.22. The number of aliphatic carboxylic acids is 1. The first-order valence-electron chi connectivity index (χ1n) is 7.59. The van der Waals surface area contributed by atoms with Crippen molar-refractivity contribution in [1.82, 2.24) is 10.2 Å². The maximum absolute atomic E-state index is 12.1. The summed E-state index contributed by atoms with van der Waals surface area (Å²) in [6, 6.07) is 4.59. The summed E-state index contributed by atoms with van der Waals surface area (Å²) in [4.78, 5) is 24.4. The van der Waals surface area contributed by atoms with Gasteiger partial charge in [-0.3, -0.25) is 14.5 Å². The second-order valence-corrected chi connectivity index (χ2v) is 5.80. The number of nitrogens with zero attached hydrogens (tertiary/aromatic N) is 1. The topological polar surface area (TPSA) is 78.9 Å². The first-order chi connectivity index (χ1) is 11.5. The second-order valence-electron chi connectivity index (χ2n) is 5.80. The Morgan fingerprint density at radius 3 is 2.16 bits per heavy atom. The van der Waals surface area contributed by atoms with E-state index in [2.05, 4.69) is 10.1 Å². The zero-order chi connectivity index (χ0) is 19.2. The van der Waals surface area contributed by atoms with Crippen LogP contribution >= 0.6 is 0 Å². The molecule has 1 amide bonds. The molecule has 140 valence electrons. The average molecular weight is 362 g/mol. The Bertz CT molecular complexity index is 588. The molecular formula is C16H21F3N2O4. The normalized spacial score (nSPS) is 13.0. The van der Waals surface area contributed by atoms with Gasteiger partial charge in [0.2, 0.25) is 5.91 Å². The van der Waals surface area contributed by atoms with Crippen LogP contribution in [0.25, 0.3) is 0 Å². The number of ether oxygens (including phenoxy) is 1. The van der Waals surface area contributed by atoms with Crippen LogP contribution < -0.4 is 10.1 Å². The molecule has 1 aromatic carbocycles. The van der Waals surface area contributed by atoms with Crippen LogP contribution in [0.15, 0.2) is 24.3 Å². The molecule has 0 heterocycles. The lowest BCUT2D eigenvalue weighted by molar-refractivity contribution is -0.274. The van der Waals surface area contributed by atoms with E-state index in [1.54, 1.807) is 20.8 Å². The average Bonchev–Trinajstić information content (AvgIpc) is 2.44. The van der Waals surface area contributed by atoms with Gasteiger partial charge in [-0.15, -0.1) is 13.2 Å². The number of hydrogen-bond acceptors (Lipinski definition) is 4. The third kappa shape index (κ3) is 7.88. The van der Waals surface area contributed by atoms with Crippen molar-refractivity contribution in [3.63, 3.8) is 0 Å². The van der Waals surface area contributed by atoms with Crippen molar-refractivity contribution >= 4 is 11.9 Å². The fourth-order valence-electron chi connectivity index (χ4n) is 2.11. The van der Waals surface area contributed by atoms with Crippen LogP contribution in [-0.2, 0) is 9.59 Å². The largest absolute Gasteiger partial charge is 0.573 e. The fourth-order valence-corrected chi connectivity index (χ4v) is 2.11. The highest BCUT2D eigenvalue weighted by Gasteiger charge is 2.31. The Hall–Kier alpha value is -2.29. The van der Waals surface area contributed by atoms with Crippen molar-refractivity contribution in [2.45, 2.75) is 39.2 Å². The van der Waals surface area contributed by atoms with E-state index in [9.17, 15) is 22.8 Å². The van der Waals surface area contributed by atoms with Crippen LogP contribution in [0.1, 0.15) is 32.4 Å². The smallest absolute Gasteiger partial charge is 0.480 e. The number of carbonyl (C=O) groups excluding carboxylic acids is 1. The number of hydrogen-bond donors (Lipinski definition) is 2. The molecule has 0 aliphatic carbocycles. The van der Waals surface area contributed by atoms with Crippen LogP contribution in [-0.4, -0.2) is 47.4 Å². The van der Waals surface area contributed by atoms with E-state index in [0.717, 1.165) is 12.1 Å². The van der Waals surface area contributed by atoms with Gasteiger partial charge in [-0.25, -0.2) is 0 Å². The van der Waals surface area contributed by atoms with Gasteiger partial charge in [0, 0.05) is 6.04 Å². The van der Waals surface area contributed by atoms with Gasteiger partial charge in [-0.05, 0) is 38.5 Å². The molecule has 25 heavy (non-hydrogen) atoms. The minimum Gasteiger partial charge on any atom is -0.480 e. The Labute approximate surface area is 143 Å². The number of benzene rings is 1. The molecule has 0 saturated carbocycles. The fraction of sp³-hybridized carbons (Fsp3) is 0.500.